The molecule has 2 unspecified atom stereocenters. The second kappa shape index (κ2) is 8.98. The van der Waals surface area contributed by atoms with Crippen LogP contribution in [0.4, 0.5) is 0 Å². The van der Waals surface area contributed by atoms with Crippen molar-refractivity contribution < 1.29 is 4.74 Å². The third kappa shape index (κ3) is 5.65. The summed E-state index contributed by atoms with van der Waals surface area (Å²) in [5.74, 6) is 1.63. The second-order valence-corrected chi connectivity index (χ2v) is 5.30. The zero-order valence-corrected chi connectivity index (χ0v) is 12.9. The highest BCUT2D eigenvalue weighted by Gasteiger charge is 2.09. The molecule has 2 heteroatoms. The molecule has 1 rings (SSSR count). The van der Waals surface area contributed by atoms with Gasteiger partial charge in [-0.1, -0.05) is 46.2 Å². The number of hydrogen-bond acceptors (Lipinski definition) is 2. The van der Waals surface area contributed by atoms with E-state index in [1.165, 1.54) is 18.4 Å². The van der Waals surface area contributed by atoms with Crippen LogP contribution in [-0.4, -0.2) is 13.2 Å². The van der Waals surface area contributed by atoms with Gasteiger partial charge in [0.15, 0.2) is 0 Å². The van der Waals surface area contributed by atoms with E-state index in [0.717, 1.165) is 25.3 Å². The monoisotopic (exact) mass is 263 g/mol. The molecule has 0 fully saturated rings. The van der Waals surface area contributed by atoms with Gasteiger partial charge in [-0.05, 0) is 43.0 Å². The van der Waals surface area contributed by atoms with Crippen molar-refractivity contribution in [3.05, 3.63) is 29.8 Å². The van der Waals surface area contributed by atoms with Gasteiger partial charge in [-0.25, -0.2) is 0 Å². The van der Waals surface area contributed by atoms with Gasteiger partial charge in [-0.3, -0.25) is 0 Å². The molecule has 1 aromatic carbocycles. The minimum Gasteiger partial charge on any atom is -0.493 e. The van der Waals surface area contributed by atoms with E-state index < -0.39 is 0 Å². The minimum atomic E-state index is 0.432. The average molecular weight is 263 g/mol. The Kier molecular flexibility index (Phi) is 7.57. The first kappa shape index (κ1) is 16.0. The molecular weight excluding hydrogens is 234 g/mol. The molecule has 0 bridgehead atoms. The van der Waals surface area contributed by atoms with Crippen LogP contribution in [0.2, 0.25) is 0 Å². The van der Waals surface area contributed by atoms with Crippen molar-refractivity contribution >= 4 is 0 Å². The summed E-state index contributed by atoms with van der Waals surface area (Å²) >= 11 is 0. The lowest BCUT2D eigenvalue weighted by molar-refractivity contribution is 0.251. The van der Waals surface area contributed by atoms with Crippen LogP contribution in [-0.2, 0) is 0 Å². The molecule has 0 radical (unpaired) electrons. The maximum Gasteiger partial charge on any atom is 0.119 e. The summed E-state index contributed by atoms with van der Waals surface area (Å²) in [4.78, 5) is 0. The lowest BCUT2D eigenvalue weighted by Crippen LogP contribution is -2.20. The highest BCUT2D eigenvalue weighted by atomic mass is 16.5. The van der Waals surface area contributed by atoms with Gasteiger partial charge in [0.25, 0.3) is 0 Å². The standard InChI is InChI=1S/C17H29NO/c1-5-9-14(4)13-19-16-11-8-10-15(12-16)17(6-2)18-7-3/h8,10-12,14,17-18H,5-7,9,13H2,1-4H3. The fraction of sp³-hybridized carbons (Fsp3) is 0.647. The molecule has 19 heavy (non-hydrogen) atoms. The van der Waals surface area contributed by atoms with Crippen molar-refractivity contribution in [3.63, 3.8) is 0 Å². The lowest BCUT2D eigenvalue weighted by atomic mass is 10.0. The van der Waals surface area contributed by atoms with Crippen LogP contribution in [0.1, 0.15) is 58.6 Å². The summed E-state index contributed by atoms with van der Waals surface area (Å²) in [5.41, 5.74) is 1.32. The van der Waals surface area contributed by atoms with Crippen LogP contribution >= 0.6 is 0 Å². The van der Waals surface area contributed by atoms with Crippen molar-refractivity contribution in [1.82, 2.24) is 5.32 Å². The largest absolute Gasteiger partial charge is 0.493 e. The molecule has 0 spiro atoms. The van der Waals surface area contributed by atoms with Crippen LogP contribution in [0.15, 0.2) is 24.3 Å². The van der Waals surface area contributed by atoms with E-state index in [9.17, 15) is 0 Å². The van der Waals surface area contributed by atoms with Gasteiger partial charge < -0.3 is 10.1 Å². The van der Waals surface area contributed by atoms with E-state index in [0.29, 0.717) is 12.0 Å². The van der Waals surface area contributed by atoms with Gasteiger partial charge in [-0.15, -0.1) is 0 Å². The molecule has 0 aliphatic carbocycles. The summed E-state index contributed by atoms with van der Waals surface area (Å²) in [6.45, 7) is 10.6. The Balaban J connectivity index is 2.60. The zero-order chi connectivity index (χ0) is 14.1. The van der Waals surface area contributed by atoms with E-state index >= 15 is 0 Å². The Bertz CT molecular complexity index is 351. The minimum absolute atomic E-state index is 0.432. The predicted octanol–water partition coefficient (Wildman–Crippen LogP) is 4.56. The summed E-state index contributed by atoms with van der Waals surface area (Å²) < 4.78 is 5.91. The molecule has 0 aromatic heterocycles. The molecule has 1 N–H and O–H groups in total. The number of hydrogen-bond donors (Lipinski definition) is 1. The molecule has 108 valence electrons. The van der Waals surface area contributed by atoms with Crippen molar-refractivity contribution in [1.29, 1.82) is 0 Å². The van der Waals surface area contributed by atoms with Gasteiger partial charge in [0, 0.05) is 6.04 Å². The molecule has 0 saturated carbocycles. The van der Waals surface area contributed by atoms with Crippen molar-refractivity contribution in [2.45, 2.75) is 53.0 Å². The lowest BCUT2D eigenvalue weighted by Gasteiger charge is -2.18. The zero-order valence-electron chi connectivity index (χ0n) is 12.9. The van der Waals surface area contributed by atoms with Crippen LogP contribution in [0.3, 0.4) is 0 Å². The first-order valence-electron chi connectivity index (χ1n) is 7.67. The summed E-state index contributed by atoms with van der Waals surface area (Å²) in [7, 11) is 0. The highest BCUT2D eigenvalue weighted by molar-refractivity contribution is 5.30. The molecule has 0 heterocycles. The molecule has 1 aromatic rings. The molecule has 2 nitrogen and oxygen atoms in total. The van der Waals surface area contributed by atoms with Crippen molar-refractivity contribution in [2.75, 3.05) is 13.2 Å². The first-order chi connectivity index (χ1) is 9.21. The van der Waals surface area contributed by atoms with Crippen LogP contribution in [0.25, 0.3) is 0 Å². The highest BCUT2D eigenvalue weighted by Crippen LogP contribution is 2.22. The van der Waals surface area contributed by atoms with E-state index in [-0.39, 0.29) is 0 Å². The molecule has 0 aliphatic heterocycles. The number of benzene rings is 1. The number of rotatable bonds is 9. The molecular formula is C17H29NO. The molecule has 0 saturated heterocycles. The van der Waals surface area contributed by atoms with Crippen molar-refractivity contribution in [3.8, 4) is 5.75 Å². The summed E-state index contributed by atoms with van der Waals surface area (Å²) in [5, 5.41) is 3.51. The van der Waals surface area contributed by atoms with Gasteiger partial charge >= 0.3 is 0 Å². The molecule has 2 atom stereocenters. The maximum absolute atomic E-state index is 5.91. The Morgan fingerprint density at radius 1 is 1.21 bits per heavy atom. The van der Waals surface area contributed by atoms with E-state index in [1.54, 1.807) is 0 Å². The van der Waals surface area contributed by atoms with Crippen molar-refractivity contribution in [2.24, 2.45) is 5.92 Å². The van der Waals surface area contributed by atoms with E-state index in [1.807, 2.05) is 0 Å². The van der Waals surface area contributed by atoms with Crippen LogP contribution in [0.5, 0.6) is 5.75 Å². The topological polar surface area (TPSA) is 21.3 Å². The van der Waals surface area contributed by atoms with E-state index in [4.69, 9.17) is 4.74 Å². The SMILES string of the molecule is CCCC(C)COc1cccc(C(CC)NCC)c1. The Morgan fingerprint density at radius 3 is 2.63 bits per heavy atom. The second-order valence-electron chi connectivity index (χ2n) is 5.30. The maximum atomic E-state index is 5.91. The third-order valence-corrected chi connectivity index (χ3v) is 3.44. The quantitative estimate of drug-likeness (QED) is 0.705. The average Bonchev–Trinajstić information content (AvgIpc) is 2.43. The van der Waals surface area contributed by atoms with Gasteiger partial charge in [0.2, 0.25) is 0 Å². The van der Waals surface area contributed by atoms with Gasteiger partial charge in [0.05, 0.1) is 6.61 Å². The predicted molar refractivity (Wildman–Crippen MR) is 82.7 cm³/mol. The van der Waals surface area contributed by atoms with Gasteiger partial charge in [-0.2, -0.15) is 0 Å². The third-order valence-electron chi connectivity index (χ3n) is 3.44. The normalized spacial score (nSPS) is 14.1. The smallest absolute Gasteiger partial charge is 0.119 e. The fourth-order valence-corrected chi connectivity index (χ4v) is 2.38. The summed E-state index contributed by atoms with van der Waals surface area (Å²) in [6, 6.07) is 8.94. The molecule has 0 amide bonds. The Morgan fingerprint density at radius 2 is 2.00 bits per heavy atom. The Hall–Kier alpha value is -1.02. The Labute approximate surface area is 118 Å². The molecule has 0 aliphatic rings. The van der Waals surface area contributed by atoms with Crippen LogP contribution < -0.4 is 10.1 Å². The summed E-state index contributed by atoms with van der Waals surface area (Å²) in [6.07, 6.45) is 3.56. The fourth-order valence-electron chi connectivity index (χ4n) is 2.38. The number of nitrogens with one attached hydrogen (secondary N) is 1. The first-order valence-corrected chi connectivity index (χ1v) is 7.67. The number of ether oxygens (including phenoxy) is 1. The van der Waals surface area contributed by atoms with Crippen LogP contribution in [0, 0.1) is 5.92 Å². The van der Waals surface area contributed by atoms with E-state index in [2.05, 4.69) is 57.3 Å². The van der Waals surface area contributed by atoms with Gasteiger partial charge in [0.1, 0.15) is 5.75 Å².